The molecule has 0 spiro atoms. The Morgan fingerprint density at radius 3 is 2.12 bits per heavy atom. The highest BCUT2D eigenvalue weighted by Crippen LogP contribution is 2.31. The second kappa shape index (κ2) is 9.81. The van der Waals surface area contributed by atoms with Gasteiger partial charge in [-0.1, -0.05) is 47.0 Å². The zero-order chi connectivity index (χ0) is 23.5. The van der Waals surface area contributed by atoms with E-state index in [1.54, 1.807) is 43.3 Å². The summed E-state index contributed by atoms with van der Waals surface area (Å²) < 4.78 is 33.7. The molecule has 0 aliphatic rings. The third kappa shape index (κ3) is 5.54. The van der Waals surface area contributed by atoms with E-state index < -0.39 is 22.5 Å². The van der Waals surface area contributed by atoms with Gasteiger partial charge in [0, 0.05) is 15.7 Å². The topological polar surface area (TPSA) is 75.7 Å². The number of nitrogens with zero attached hydrogens (tertiary/aromatic N) is 1. The smallest absolute Gasteiger partial charge is 0.268 e. The lowest BCUT2D eigenvalue weighted by molar-refractivity contribution is -0.114. The maximum atomic E-state index is 13.7. The molecule has 0 atom stereocenters. The second-order valence-corrected chi connectivity index (χ2v) is 9.91. The Hall–Kier alpha value is -2.74. The number of halogens is 2. The third-order valence-electron chi connectivity index (χ3n) is 4.64. The van der Waals surface area contributed by atoms with E-state index in [9.17, 15) is 13.2 Å². The summed E-state index contributed by atoms with van der Waals surface area (Å²) in [6.07, 6.45) is 0. The van der Waals surface area contributed by atoms with Gasteiger partial charge < -0.3 is 10.1 Å². The molecule has 0 aliphatic heterocycles. The summed E-state index contributed by atoms with van der Waals surface area (Å²) in [4.78, 5) is 12.8. The number of sulfonamides is 1. The van der Waals surface area contributed by atoms with Crippen molar-refractivity contribution in [2.75, 3.05) is 23.3 Å². The average molecular weight is 493 g/mol. The van der Waals surface area contributed by atoms with Crippen molar-refractivity contribution in [1.82, 2.24) is 0 Å². The maximum absolute atomic E-state index is 13.7. The van der Waals surface area contributed by atoms with E-state index in [0.717, 1.165) is 15.4 Å². The lowest BCUT2D eigenvalue weighted by Gasteiger charge is -2.25. The summed E-state index contributed by atoms with van der Waals surface area (Å²) in [5, 5.41) is 3.35. The van der Waals surface area contributed by atoms with E-state index in [1.165, 1.54) is 31.4 Å². The molecule has 32 heavy (non-hydrogen) atoms. The number of hydrogen-bond donors (Lipinski definition) is 1. The van der Waals surface area contributed by atoms with E-state index in [2.05, 4.69) is 5.32 Å². The molecule has 0 fully saturated rings. The fourth-order valence-electron chi connectivity index (χ4n) is 3.09. The SMILES string of the molecule is COc1ccc(C)cc1S(=O)(=O)N(CC(=O)Nc1cc(Cl)cc(Cl)c1)c1ccc(C)cc1. The molecule has 1 amide bonds. The number of methoxy groups -OCH3 is 1. The lowest BCUT2D eigenvalue weighted by atomic mass is 10.2. The summed E-state index contributed by atoms with van der Waals surface area (Å²) in [5.74, 6) is -0.367. The number of benzene rings is 3. The summed E-state index contributed by atoms with van der Waals surface area (Å²) in [6, 6.07) is 16.3. The number of rotatable bonds is 7. The van der Waals surface area contributed by atoms with Crippen molar-refractivity contribution in [3.63, 3.8) is 0 Å². The van der Waals surface area contributed by atoms with Crippen LogP contribution in [0.15, 0.2) is 65.6 Å². The van der Waals surface area contributed by atoms with Crippen LogP contribution in [-0.4, -0.2) is 28.0 Å². The predicted molar refractivity (Wildman–Crippen MR) is 129 cm³/mol. The Balaban J connectivity index is 2.01. The van der Waals surface area contributed by atoms with Crippen LogP contribution in [0.2, 0.25) is 10.0 Å². The van der Waals surface area contributed by atoms with E-state index in [-0.39, 0.29) is 10.6 Å². The summed E-state index contributed by atoms with van der Waals surface area (Å²) >= 11 is 12.0. The van der Waals surface area contributed by atoms with Crippen LogP contribution < -0.4 is 14.4 Å². The monoisotopic (exact) mass is 492 g/mol. The first-order valence-electron chi connectivity index (χ1n) is 9.60. The number of aryl methyl sites for hydroxylation is 2. The molecule has 9 heteroatoms. The molecule has 1 N–H and O–H groups in total. The Morgan fingerprint density at radius 2 is 1.53 bits per heavy atom. The molecule has 3 aromatic rings. The number of nitrogens with one attached hydrogen (secondary N) is 1. The lowest BCUT2D eigenvalue weighted by Crippen LogP contribution is -2.38. The molecule has 168 valence electrons. The summed E-state index contributed by atoms with van der Waals surface area (Å²) in [7, 11) is -2.74. The molecule has 0 unspecified atom stereocenters. The highest BCUT2D eigenvalue weighted by Gasteiger charge is 2.30. The average Bonchev–Trinajstić information content (AvgIpc) is 2.72. The van der Waals surface area contributed by atoms with Crippen molar-refractivity contribution >= 4 is 50.5 Å². The number of carbonyl (C=O) groups excluding carboxylic acids is 1. The maximum Gasteiger partial charge on any atom is 0.268 e. The highest BCUT2D eigenvalue weighted by molar-refractivity contribution is 7.93. The van der Waals surface area contributed by atoms with Crippen LogP contribution in [0.3, 0.4) is 0 Å². The van der Waals surface area contributed by atoms with E-state index >= 15 is 0 Å². The number of carbonyl (C=O) groups is 1. The van der Waals surface area contributed by atoms with Gasteiger partial charge in [0.15, 0.2) is 0 Å². The normalized spacial score (nSPS) is 11.2. The molecular formula is C23H22Cl2N2O4S. The predicted octanol–water partition coefficient (Wildman–Crippen LogP) is 5.45. The zero-order valence-electron chi connectivity index (χ0n) is 17.7. The van der Waals surface area contributed by atoms with Gasteiger partial charge in [0.2, 0.25) is 5.91 Å². The van der Waals surface area contributed by atoms with Gasteiger partial charge in [-0.15, -0.1) is 0 Å². The van der Waals surface area contributed by atoms with Gasteiger partial charge >= 0.3 is 0 Å². The zero-order valence-corrected chi connectivity index (χ0v) is 20.1. The van der Waals surface area contributed by atoms with Gasteiger partial charge in [-0.05, 0) is 61.9 Å². The minimum absolute atomic E-state index is 0.0285. The minimum Gasteiger partial charge on any atom is -0.495 e. The molecule has 0 heterocycles. The Bertz CT molecular complexity index is 1230. The van der Waals surface area contributed by atoms with Gasteiger partial charge in [-0.2, -0.15) is 0 Å². The van der Waals surface area contributed by atoms with Gasteiger partial charge in [-0.25, -0.2) is 8.42 Å². The van der Waals surface area contributed by atoms with Gasteiger partial charge in [0.05, 0.1) is 12.8 Å². The molecule has 6 nitrogen and oxygen atoms in total. The van der Waals surface area contributed by atoms with E-state index in [0.29, 0.717) is 21.4 Å². The van der Waals surface area contributed by atoms with Crippen molar-refractivity contribution in [2.24, 2.45) is 0 Å². The molecule has 3 rings (SSSR count). The summed E-state index contributed by atoms with van der Waals surface area (Å²) in [5.41, 5.74) is 2.41. The molecule has 3 aromatic carbocycles. The highest BCUT2D eigenvalue weighted by atomic mass is 35.5. The van der Waals surface area contributed by atoms with Crippen molar-refractivity contribution in [1.29, 1.82) is 0 Å². The van der Waals surface area contributed by atoms with Gasteiger partial charge in [0.1, 0.15) is 17.2 Å². The van der Waals surface area contributed by atoms with Crippen molar-refractivity contribution in [3.8, 4) is 5.75 Å². The Kier molecular flexibility index (Phi) is 7.33. The molecule has 0 aliphatic carbocycles. The quantitative estimate of drug-likeness (QED) is 0.475. The molecule has 0 saturated heterocycles. The van der Waals surface area contributed by atoms with Crippen LogP contribution in [0.25, 0.3) is 0 Å². The van der Waals surface area contributed by atoms with Crippen molar-refractivity contribution in [2.45, 2.75) is 18.7 Å². The van der Waals surface area contributed by atoms with E-state index in [1.807, 2.05) is 6.92 Å². The minimum atomic E-state index is -4.14. The number of hydrogen-bond acceptors (Lipinski definition) is 4. The first-order valence-corrected chi connectivity index (χ1v) is 11.8. The van der Waals surface area contributed by atoms with Crippen LogP contribution in [0.1, 0.15) is 11.1 Å². The molecule has 0 bridgehead atoms. The largest absolute Gasteiger partial charge is 0.495 e. The van der Waals surface area contributed by atoms with Crippen LogP contribution in [-0.2, 0) is 14.8 Å². The fraction of sp³-hybridized carbons (Fsp3) is 0.174. The number of anilines is 2. The van der Waals surface area contributed by atoms with Crippen LogP contribution in [0.4, 0.5) is 11.4 Å². The molecule has 0 radical (unpaired) electrons. The summed E-state index contributed by atoms with van der Waals surface area (Å²) in [6.45, 7) is 3.21. The second-order valence-electron chi connectivity index (χ2n) is 7.21. The van der Waals surface area contributed by atoms with Crippen LogP contribution in [0, 0.1) is 13.8 Å². The van der Waals surface area contributed by atoms with Gasteiger partial charge in [0.25, 0.3) is 10.0 Å². The number of amides is 1. The van der Waals surface area contributed by atoms with Crippen molar-refractivity contribution in [3.05, 3.63) is 81.8 Å². The first-order chi connectivity index (χ1) is 15.1. The van der Waals surface area contributed by atoms with Crippen molar-refractivity contribution < 1.29 is 17.9 Å². The third-order valence-corrected chi connectivity index (χ3v) is 6.87. The molecular weight excluding hydrogens is 471 g/mol. The standard InChI is InChI=1S/C23H22Cl2N2O4S/c1-15-4-7-20(8-5-15)27(14-23(28)26-19-12-17(24)11-18(25)13-19)32(29,30)22-10-16(2)6-9-21(22)31-3/h4-13H,14H2,1-3H3,(H,26,28). The Morgan fingerprint density at radius 1 is 0.938 bits per heavy atom. The number of ether oxygens (including phenoxy) is 1. The molecule has 0 saturated carbocycles. The fourth-order valence-corrected chi connectivity index (χ4v) is 5.28. The van der Waals surface area contributed by atoms with E-state index in [4.69, 9.17) is 27.9 Å². The first kappa shape index (κ1) is 23.9. The van der Waals surface area contributed by atoms with Gasteiger partial charge in [-0.3, -0.25) is 9.10 Å². The van der Waals surface area contributed by atoms with Crippen LogP contribution in [0.5, 0.6) is 5.75 Å². The molecule has 0 aromatic heterocycles. The Labute approximate surface area is 197 Å². The van der Waals surface area contributed by atoms with Crippen LogP contribution >= 0.6 is 23.2 Å².